The van der Waals surface area contributed by atoms with Gasteiger partial charge in [0, 0.05) is 6.04 Å². The van der Waals surface area contributed by atoms with Crippen LogP contribution in [-0.4, -0.2) is 29.8 Å². The Morgan fingerprint density at radius 1 is 1.50 bits per heavy atom. The van der Waals surface area contributed by atoms with Crippen LogP contribution in [0.5, 0.6) is 0 Å². The van der Waals surface area contributed by atoms with E-state index in [1.807, 2.05) is 0 Å². The van der Waals surface area contributed by atoms with Crippen LogP contribution in [-0.2, 0) is 16.6 Å². The molecule has 114 valence electrons. The summed E-state index contributed by atoms with van der Waals surface area (Å²) in [7, 11) is -3.64. The summed E-state index contributed by atoms with van der Waals surface area (Å²) < 4.78 is 27.8. The second-order valence-electron chi connectivity index (χ2n) is 6.36. The average molecular weight is 301 g/mol. The van der Waals surface area contributed by atoms with E-state index in [4.69, 9.17) is 0 Å². The molecule has 0 radical (unpaired) electrons. The Morgan fingerprint density at radius 3 is 2.80 bits per heavy atom. The number of aromatic nitrogens is 2. The quantitative estimate of drug-likeness (QED) is 0.784. The van der Waals surface area contributed by atoms with Gasteiger partial charge in [-0.15, -0.1) is 0 Å². The standard InChI is InChI=1S/C13H23N3O3S/c1-9-12(11(8-17)15-14-9)20(18,19)16-10-5-4-6-13(2,3)7-10/h10,16-17H,4-8H2,1-3H3,(H,14,15). The summed E-state index contributed by atoms with van der Waals surface area (Å²) in [5.41, 5.74) is 0.790. The molecule has 1 aromatic heterocycles. The summed E-state index contributed by atoms with van der Waals surface area (Å²) >= 11 is 0. The molecule has 1 aliphatic rings. The van der Waals surface area contributed by atoms with E-state index >= 15 is 0 Å². The minimum absolute atomic E-state index is 0.0513. The molecule has 2 rings (SSSR count). The minimum atomic E-state index is -3.64. The first-order valence-corrected chi connectivity index (χ1v) is 8.40. The van der Waals surface area contributed by atoms with Gasteiger partial charge in [0.25, 0.3) is 0 Å². The smallest absolute Gasteiger partial charge is 0.244 e. The van der Waals surface area contributed by atoms with Crippen molar-refractivity contribution >= 4 is 10.0 Å². The van der Waals surface area contributed by atoms with Crippen molar-refractivity contribution < 1.29 is 13.5 Å². The van der Waals surface area contributed by atoms with Crippen LogP contribution in [0.3, 0.4) is 0 Å². The van der Waals surface area contributed by atoms with Crippen LogP contribution in [0, 0.1) is 12.3 Å². The van der Waals surface area contributed by atoms with Gasteiger partial charge >= 0.3 is 0 Å². The van der Waals surface area contributed by atoms with E-state index in [0.717, 1.165) is 25.7 Å². The van der Waals surface area contributed by atoms with Crippen LogP contribution >= 0.6 is 0 Å². The van der Waals surface area contributed by atoms with Crippen LogP contribution in [0.1, 0.15) is 50.9 Å². The van der Waals surface area contributed by atoms with Gasteiger partial charge in [0.05, 0.1) is 12.3 Å². The third kappa shape index (κ3) is 3.21. The van der Waals surface area contributed by atoms with Crippen LogP contribution in [0.4, 0.5) is 0 Å². The normalized spacial score (nSPS) is 22.9. The second kappa shape index (κ2) is 5.46. The van der Waals surface area contributed by atoms with Gasteiger partial charge < -0.3 is 5.11 Å². The number of nitrogens with one attached hydrogen (secondary N) is 2. The zero-order valence-corrected chi connectivity index (χ0v) is 13.0. The van der Waals surface area contributed by atoms with Crippen molar-refractivity contribution in [2.75, 3.05) is 0 Å². The number of nitrogens with zero attached hydrogens (tertiary/aromatic N) is 1. The van der Waals surface area contributed by atoms with Gasteiger partial charge in [0.1, 0.15) is 10.6 Å². The Balaban J connectivity index is 2.21. The Morgan fingerprint density at radius 2 is 2.20 bits per heavy atom. The average Bonchev–Trinajstić information content (AvgIpc) is 2.69. The monoisotopic (exact) mass is 301 g/mol. The summed E-state index contributed by atoms with van der Waals surface area (Å²) in [6.07, 6.45) is 3.83. The maximum Gasteiger partial charge on any atom is 0.244 e. The van der Waals surface area contributed by atoms with Gasteiger partial charge in [-0.25, -0.2) is 13.1 Å². The van der Waals surface area contributed by atoms with Crippen LogP contribution < -0.4 is 4.72 Å². The molecule has 1 unspecified atom stereocenters. The molecule has 0 amide bonds. The van der Waals surface area contributed by atoms with Crippen molar-refractivity contribution in [3.8, 4) is 0 Å². The summed E-state index contributed by atoms with van der Waals surface area (Å²) in [5, 5.41) is 15.7. The van der Waals surface area contributed by atoms with E-state index < -0.39 is 16.6 Å². The second-order valence-corrected chi connectivity index (χ2v) is 8.01. The maximum atomic E-state index is 12.5. The molecule has 3 N–H and O–H groups in total. The fraction of sp³-hybridized carbons (Fsp3) is 0.769. The molecule has 1 aliphatic carbocycles. The fourth-order valence-electron chi connectivity index (χ4n) is 3.01. The van der Waals surface area contributed by atoms with E-state index in [9.17, 15) is 13.5 Å². The SMILES string of the molecule is Cc1[nH]nc(CO)c1S(=O)(=O)NC1CCCC(C)(C)C1. The fourth-order valence-corrected chi connectivity index (χ4v) is 4.64. The molecule has 1 atom stereocenters. The lowest BCUT2D eigenvalue weighted by Gasteiger charge is -2.35. The van der Waals surface area contributed by atoms with Gasteiger partial charge in [0.2, 0.25) is 10.0 Å². The number of aliphatic hydroxyl groups is 1. The Labute approximate surface area is 120 Å². The van der Waals surface area contributed by atoms with Crippen molar-refractivity contribution in [2.24, 2.45) is 5.41 Å². The van der Waals surface area contributed by atoms with Crippen LogP contribution in [0.25, 0.3) is 0 Å². The first kappa shape index (κ1) is 15.5. The van der Waals surface area contributed by atoms with E-state index in [1.54, 1.807) is 6.92 Å². The molecule has 0 aromatic carbocycles. The van der Waals surface area contributed by atoms with Crippen molar-refractivity contribution in [3.05, 3.63) is 11.4 Å². The Hall–Kier alpha value is -0.920. The lowest BCUT2D eigenvalue weighted by atomic mass is 9.75. The Kier molecular flexibility index (Phi) is 4.22. The lowest BCUT2D eigenvalue weighted by molar-refractivity contribution is 0.212. The summed E-state index contributed by atoms with van der Waals surface area (Å²) in [6, 6.07) is -0.0513. The molecular formula is C13H23N3O3S. The molecule has 6 nitrogen and oxygen atoms in total. The van der Waals surface area contributed by atoms with Crippen molar-refractivity contribution in [1.82, 2.24) is 14.9 Å². The molecule has 0 aliphatic heterocycles. The largest absolute Gasteiger partial charge is 0.390 e. The predicted octanol–water partition coefficient (Wildman–Crippen LogP) is 1.46. The minimum Gasteiger partial charge on any atom is -0.390 e. The molecule has 0 bridgehead atoms. The highest BCUT2D eigenvalue weighted by Gasteiger charge is 2.32. The molecule has 0 saturated heterocycles. The van der Waals surface area contributed by atoms with E-state index in [0.29, 0.717) is 5.69 Å². The van der Waals surface area contributed by atoms with Crippen molar-refractivity contribution in [3.63, 3.8) is 0 Å². The molecule has 1 heterocycles. The Bertz CT molecular complexity index is 578. The highest BCUT2D eigenvalue weighted by molar-refractivity contribution is 7.89. The first-order chi connectivity index (χ1) is 9.25. The third-order valence-electron chi connectivity index (χ3n) is 3.91. The van der Waals surface area contributed by atoms with Gasteiger partial charge in [-0.1, -0.05) is 20.3 Å². The number of H-pyrrole nitrogens is 1. The number of rotatable bonds is 4. The zero-order valence-electron chi connectivity index (χ0n) is 12.2. The molecule has 7 heteroatoms. The molecule has 1 aromatic rings. The van der Waals surface area contributed by atoms with E-state index in [2.05, 4.69) is 28.8 Å². The van der Waals surface area contributed by atoms with E-state index in [1.165, 1.54) is 0 Å². The number of aliphatic hydroxyl groups excluding tert-OH is 1. The topological polar surface area (TPSA) is 95.1 Å². The third-order valence-corrected chi connectivity index (χ3v) is 5.63. The van der Waals surface area contributed by atoms with Crippen molar-refractivity contribution in [2.45, 2.75) is 64.0 Å². The maximum absolute atomic E-state index is 12.5. The summed E-state index contributed by atoms with van der Waals surface area (Å²) in [5.74, 6) is 0. The van der Waals surface area contributed by atoms with Gasteiger partial charge in [-0.2, -0.15) is 5.10 Å². The lowest BCUT2D eigenvalue weighted by Crippen LogP contribution is -2.40. The number of hydrogen-bond donors (Lipinski definition) is 3. The predicted molar refractivity (Wildman–Crippen MR) is 75.6 cm³/mol. The molecular weight excluding hydrogens is 278 g/mol. The van der Waals surface area contributed by atoms with Crippen LogP contribution in [0.2, 0.25) is 0 Å². The molecule has 0 spiro atoms. The zero-order chi connectivity index (χ0) is 15.0. The molecule has 1 fully saturated rings. The molecule has 1 saturated carbocycles. The van der Waals surface area contributed by atoms with Crippen LogP contribution in [0.15, 0.2) is 4.90 Å². The van der Waals surface area contributed by atoms with Crippen molar-refractivity contribution in [1.29, 1.82) is 0 Å². The van der Waals surface area contributed by atoms with Gasteiger partial charge in [0.15, 0.2) is 0 Å². The number of hydrogen-bond acceptors (Lipinski definition) is 4. The summed E-state index contributed by atoms with van der Waals surface area (Å²) in [6.45, 7) is 5.58. The number of aryl methyl sites for hydroxylation is 1. The van der Waals surface area contributed by atoms with Gasteiger partial charge in [-0.05, 0) is 31.6 Å². The number of sulfonamides is 1. The number of aromatic amines is 1. The first-order valence-electron chi connectivity index (χ1n) is 6.92. The molecule has 20 heavy (non-hydrogen) atoms. The van der Waals surface area contributed by atoms with Gasteiger partial charge in [-0.3, -0.25) is 5.10 Å². The van der Waals surface area contributed by atoms with E-state index in [-0.39, 0.29) is 22.0 Å². The highest BCUT2D eigenvalue weighted by atomic mass is 32.2. The summed E-state index contributed by atoms with van der Waals surface area (Å²) in [4.78, 5) is 0.0865. The highest BCUT2D eigenvalue weighted by Crippen LogP contribution is 2.35.